The van der Waals surface area contributed by atoms with Gasteiger partial charge in [-0.05, 0) is 37.0 Å². The lowest BCUT2D eigenvalue weighted by atomic mass is 10.0. The molecular formula is C22H27N3O9S. The zero-order valence-electron chi connectivity index (χ0n) is 18.7. The molecule has 2 aromatic rings. The first kappa shape index (κ1) is 26.5. The molecule has 1 heterocycles. The largest absolute Gasteiger partial charge is 0.465 e. The average Bonchev–Trinajstić information content (AvgIpc) is 2.84. The zero-order valence-corrected chi connectivity index (χ0v) is 19.5. The highest BCUT2D eigenvalue weighted by molar-refractivity contribution is 7.89. The van der Waals surface area contributed by atoms with Crippen LogP contribution in [0, 0.1) is 10.1 Å². The van der Waals surface area contributed by atoms with E-state index in [0.29, 0.717) is 30.5 Å². The van der Waals surface area contributed by atoms with Crippen LogP contribution in [0.5, 0.6) is 0 Å². The van der Waals surface area contributed by atoms with Crippen molar-refractivity contribution >= 4 is 21.8 Å². The van der Waals surface area contributed by atoms with Crippen molar-refractivity contribution in [1.82, 2.24) is 9.79 Å². The van der Waals surface area contributed by atoms with Crippen molar-refractivity contribution in [3.63, 3.8) is 0 Å². The molecule has 35 heavy (non-hydrogen) atoms. The third-order valence-corrected chi connectivity index (χ3v) is 7.10. The Morgan fingerprint density at radius 2 is 1.80 bits per heavy atom. The van der Waals surface area contributed by atoms with Gasteiger partial charge in [0.25, 0.3) is 15.7 Å². The van der Waals surface area contributed by atoms with Crippen LogP contribution < -0.4 is 5.32 Å². The molecule has 0 spiro atoms. The van der Waals surface area contributed by atoms with Gasteiger partial charge in [-0.15, -0.1) is 0 Å². The Balaban J connectivity index is 1.86. The van der Waals surface area contributed by atoms with Crippen LogP contribution in [0.3, 0.4) is 0 Å². The van der Waals surface area contributed by atoms with Gasteiger partial charge in [0, 0.05) is 25.3 Å². The smallest absolute Gasteiger partial charge is 0.404 e. The monoisotopic (exact) mass is 509 g/mol. The number of amides is 1. The zero-order chi connectivity index (χ0) is 25.4. The lowest BCUT2D eigenvalue weighted by molar-refractivity contribution is -0.384. The Bertz CT molecular complexity index is 1090. The van der Waals surface area contributed by atoms with E-state index in [1.54, 1.807) is 30.3 Å². The first-order valence-electron chi connectivity index (χ1n) is 10.9. The third-order valence-electron chi connectivity index (χ3n) is 5.46. The molecule has 0 aromatic heterocycles. The van der Waals surface area contributed by atoms with Crippen molar-refractivity contribution in [2.75, 3.05) is 19.8 Å². The molecule has 190 valence electrons. The molecule has 0 radical (unpaired) electrons. The summed E-state index contributed by atoms with van der Waals surface area (Å²) in [6.07, 6.45) is -2.41. The van der Waals surface area contributed by atoms with Crippen LogP contribution in [-0.4, -0.2) is 72.1 Å². The number of aliphatic hydroxyl groups is 1. The SMILES string of the molecule is O=C(O)N[C@@H](Cc1ccccc1)[C@@H](O)CN(OC1CCOCC1)S(=O)(=O)c1ccc([N+](=O)[O-])cc1. The summed E-state index contributed by atoms with van der Waals surface area (Å²) in [4.78, 5) is 27.1. The number of hydrogen-bond acceptors (Lipinski definition) is 8. The summed E-state index contributed by atoms with van der Waals surface area (Å²) < 4.78 is 32.7. The number of aliphatic hydroxyl groups excluding tert-OH is 1. The molecule has 1 aliphatic rings. The van der Waals surface area contributed by atoms with Gasteiger partial charge in [-0.3, -0.25) is 15.0 Å². The van der Waals surface area contributed by atoms with Crippen LogP contribution in [0.1, 0.15) is 18.4 Å². The fraction of sp³-hybridized carbons (Fsp3) is 0.409. The van der Waals surface area contributed by atoms with E-state index < -0.39 is 45.8 Å². The van der Waals surface area contributed by atoms with Crippen molar-refractivity contribution in [3.8, 4) is 0 Å². The van der Waals surface area contributed by atoms with Gasteiger partial charge in [0.15, 0.2) is 0 Å². The molecule has 1 fully saturated rings. The number of sulfonamides is 1. The van der Waals surface area contributed by atoms with Gasteiger partial charge >= 0.3 is 6.09 Å². The first-order chi connectivity index (χ1) is 16.7. The van der Waals surface area contributed by atoms with Crippen LogP contribution in [0.2, 0.25) is 0 Å². The van der Waals surface area contributed by atoms with Gasteiger partial charge in [-0.1, -0.05) is 34.8 Å². The summed E-state index contributed by atoms with van der Waals surface area (Å²) in [5.41, 5.74) is 0.454. The number of nitro benzene ring substituents is 1. The molecule has 1 aliphatic heterocycles. The molecule has 0 bridgehead atoms. The van der Waals surface area contributed by atoms with E-state index in [1.165, 1.54) is 0 Å². The molecule has 1 amide bonds. The number of rotatable bonds is 11. The van der Waals surface area contributed by atoms with Crippen LogP contribution in [0.15, 0.2) is 59.5 Å². The second-order valence-corrected chi connectivity index (χ2v) is 9.80. The number of hydrogen-bond donors (Lipinski definition) is 3. The maximum absolute atomic E-state index is 13.4. The molecule has 0 saturated carbocycles. The van der Waals surface area contributed by atoms with Crippen LogP contribution in [0.4, 0.5) is 10.5 Å². The van der Waals surface area contributed by atoms with E-state index in [-0.39, 0.29) is 17.0 Å². The van der Waals surface area contributed by atoms with Gasteiger partial charge in [0.2, 0.25) is 0 Å². The maximum atomic E-state index is 13.4. The van der Waals surface area contributed by atoms with Crippen molar-refractivity contribution < 1.29 is 37.9 Å². The standard InChI is InChI=1S/C22H27N3O9S/c26-21(20(23-22(27)28)14-16-4-2-1-3-5-16)15-24(34-18-10-12-33-13-11-18)35(31,32)19-8-6-17(7-9-19)25(29)30/h1-9,18,20-21,23,26H,10-15H2,(H,27,28)/t20-,21-/m0/s1. The summed E-state index contributed by atoms with van der Waals surface area (Å²) >= 11 is 0. The van der Waals surface area contributed by atoms with Gasteiger partial charge < -0.3 is 20.3 Å². The van der Waals surface area contributed by atoms with E-state index in [9.17, 15) is 33.5 Å². The van der Waals surface area contributed by atoms with Crippen molar-refractivity contribution in [2.45, 2.75) is 42.4 Å². The van der Waals surface area contributed by atoms with E-state index in [0.717, 1.165) is 29.8 Å². The summed E-state index contributed by atoms with van der Waals surface area (Å²) in [7, 11) is -4.36. The fourth-order valence-electron chi connectivity index (χ4n) is 3.59. The second-order valence-electron chi connectivity index (χ2n) is 7.97. The van der Waals surface area contributed by atoms with Gasteiger partial charge in [0.1, 0.15) is 0 Å². The predicted molar refractivity (Wildman–Crippen MR) is 123 cm³/mol. The predicted octanol–water partition coefficient (Wildman–Crippen LogP) is 1.94. The van der Waals surface area contributed by atoms with Crippen molar-refractivity contribution in [3.05, 3.63) is 70.3 Å². The molecule has 3 N–H and O–H groups in total. The highest BCUT2D eigenvalue weighted by atomic mass is 32.2. The number of nitrogens with one attached hydrogen (secondary N) is 1. The van der Waals surface area contributed by atoms with Gasteiger partial charge in [0.05, 0.1) is 34.6 Å². The minimum atomic E-state index is -4.36. The first-order valence-corrected chi connectivity index (χ1v) is 12.3. The molecule has 0 unspecified atom stereocenters. The Labute approximate surface area is 202 Å². The lowest BCUT2D eigenvalue weighted by Crippen LogP contribution is -2.51. The molecule has 3 rings (SSSR count). The summed E-state index contributed by atoms with van der Waals surface area (Å²) in [5.74, 6) is 0. The molecular weight excluding hydrogens is 482 g/mol. The van der Waals surface area contributed by atoms with Crippen molar-refractivity contribution in [2.24, 2.45) is 0 Å². The molecule has 2 atom stereocenters. The van der Waals surface area contributed by atoms with Crippen LogP contribution in [-0.2, 0) is 26.0 Å². The summed E-state index contributed by atoms with van der Waals surface area (Å²) in [6, 6.07) is 12.1. The maximum Gasteiger partial charge on any atom is 0.404 e. The summed E-state index contributed by atoms with van der Waals surface area (Å²) in [6.45, 7) is 0.167. The van der Waals surface area contributed by atoms with E-state index in [2.05, 4.69) is 5.32 Å². The lowest BCUT2D eigenvalue weighted by Gasteiger charge is -2.32. The van der Waals surface area contributed by atoms with E-state index >= 15 is 0 Å². The molecule has 0 aliphatic carbocycles. The number of hydroxylamine groups is 1. The Kier molecular flexibility index (Phi) is 9.12. The number of ether oxygens (including phenoxy) is 1. The summed E-state index contributed by atoms with van der Waals surface area (Å²) in [5, 5.41) is 33.4. The highest BCUT2D eigenvalue weighted by Crippen LogP contribution is 2.23. The fourth-order valence-corrected chi connectivity index (χ4v) is 4.89. The van der Waals surface area contributed by atoms with Crippen LogP contribution in [0.25, 0.3) is 0 Å². The second kappa shape index (κ2) is 12.0. The number of nitro groups is 1. The van der Waals surface area contributed by atoms with E-state index in [1.807, 2.05) is 0 Å². The van der Waals surface area contributed by atoms with Crippen molar-refractivity contribution in [1.29, 1.82) is 0 Å². The number of nitrogens with zero attached hydrogens (tertiary/aromatic N) is 2. The Hall–Kier alpha value is -3.10. The van der Waals surface area contributed by atoms with Crippen LogP contribution >= 0.6 is 0 Å². The molecule has 13 heteroatoms. The average molecular weight is 510 g/mol. The topological polar surface area (TPSA) is 169 Å². The third kappa shape index (κ3) is 7.44. The van der Waals surface area contributed by atoms with E-state index in [4.69, 9.17) is 9.57 Å². The Morgan fingerprint density at radius 1 is 1.17 bits per heavy atom. The molecule has 2 aromatic carbocycles. The Morgan fingerprint density at radius 3 is 2.37 bits per heavy atom. The highest BCUT2D eigenvalue weighted by Gasteiger charge is 2.34. The van der Waals surface area contributed by atoms with Gasteiger partial charge in [-0.2, -0.15) is 0 Å². The molecule has 12 nitrogen and oxygen atoms in total. The normalized spacial score (nSPS) is 16.5. The minimum absolute atomic E-state index is 0.108. The quantitative estimate of drug-likeness (QED) is 0.303. The number of benzene rings is 2. The van der Waals surface area contributed by atoms with Gasteiger partial charge in [-0.25, -0.2) is 13.2 Å². The number of carbonyl (C=O) groups is 1. The minimum Gasteiger partial charge on any atom is -0.465 e. The molecule has 1 saturated heterocycles. The number of carboxylic acid groups (broad SMARTS) is 1. The number of non-ortho nitro benzene ring substituents is 1.